The van der Waals surface area contributed by atoms with E-state index in [9.17, 15) is 18.4 Å². The molecule has 1 aliphatic heterocycles. The van der Waals surface area contributed by atoms with E-state index in [1.165, 1.54) is 4.90 Å². The highest BCUT2D eigenvalue weighted by atomic mass is 19.1. The number of para-hydroxylation sites is 2. The van der Waals surface area contributed by atoms with Gasteiger partial charge in [-0.1, -0.05) is 12.1 Å². The fraction of sp³-hybridized carbons (Fsp3) is 0.250. The zero-order chi connectivity index (χ0) is 19.0. The SMILES string of the molecule is O=C(CN1C(=O)[C@@H]2CCCC2=Nc2ccccc21)Nc1ccc(F)cc1F. The van der Waals surface area contributed by atoms with Crippen LogP contribution in [0.25, 0.3) is 0 Å². The van der Waals surface area contributed by atoms with Crippen LogP contribution in [0.4, 0.5) is 25.8 Å². The monoisotopic (exact) mass is 369 g/mol. The Bertz CT molecular complexity index is 958. The van der Waals surface area contributed by atoms with E-state index >= 15 is 0 Å². The van der Waals surface area contributed by atoms with Crippen LogP contribution in [0, 0.1) is 17.6 Å². The fourth-order valence-electron chi connectivity index (χ4n) is 3.56. The average Bonchev–Trinajstić information content (AvgIpc) is 3.06. The standard InChI is InChI=1S/C20H17F2N3O2/c21-12-8-9-16(14(22)10-12)24-19(26)11-25-18-7-2-1-5-17(18)23-15-6-3-4-13(15)20(25)27/h1-2,5,7-10,13H,3-4,6,11H2,(H,24,26)/t13-/m1/s1. The second-order valence-corrected chi connectivity index (χ2v) is 6.63. The first kappa shape index (κ1) is 17.3. The highest BCUT2D eigenvalue weighted by Gasteiger charge is 2.37. The molecule has 2 aromatic rings. The molecule has 0 unspecified atom stereocenters. The summed E-state index contributed by atoms with van der Waals surface area (Å²) in [5.74, 6) is -2.66. The number of hydrogen-bond acceptors (Lipinski definition) is 3. The van der Waals surface area contributed by atoms with Crippen molar-refractivity contribution in [1.82, 2.24) is 0 Å². The molecule has 1 fully saturated rings. The van der Waals surface area contributed by atoms with E-state index in [1.54, 1.807) is 18.2 Å². The summed E-state index contributed by atoms with van der Waals surface area (Å²) < 4.78 is 26.8. The van der Waals surface area contributed by atoms with Crippen molar-refractivity contribution in [2.45, 2.75) is 19.3 Å². The largest absolute Gasteiger partial charge is 0.322 e. The molecule has 5 nitrogen and oxygen atoms in total. The lowest BCUT2D eigenvalue weighted by molar-refractivity contribution is -0.123. The molecule has 1 aliphatic carbocycles. The topological polar surface area (TPSA) is 61.8 Å². The summed E-state index contributed by atoms with van der Waals surface area (Å²) in [6.07, 6.45) is 2.36. The maximum absolute atomic E-state index is 13.8. The van der Waals surface area contributed by atoms with Gasteiger partial charge in [0.25, 0.3) is 0 Å². The Hall–Kier alpha value is -3.09. The molecule has 0 spiro atoms. The predicted molar refractivity (Wildman–Crippen MR) is 98.2 cm³/mol. The van der Waals surface area contributed by atoms with E-state index in [0.717, 1.165) is 30.7 Å². The van der Waals surface area contributed by atoms with Gasteiger partial charge in [0.15, 0.2) is 0 Å². The van der Waals surface area contributed by atoms with Gasteiger partial charge in [-0.3, -0.25) is 14.6 Å². The van der Waals surface area contributed by atoms with Gasteiger partial charge in [-0.15, -0.1) is 0 Å². The molecule has 4 rings (SSSR count). The molecular formula is C20H17F2N3O2. The smallest absolute Gasteiger partial charge is 0.244 e. The van der Waals surface area contributed by atoms with Crippen LogP contribution in [0.2, 0.25) is 0 Å². The van der Waals surface area contributed by atoms with Crippen LogP contribution in [0.3, 0.4) is 0 Å². The highest BCUT2D eigenvalue weighted by Crippen LogP contribution is 2.37. The van der Waals surface area contributed by atoms with Gasteiger partial charge in [0.2, 0.25) is 11.8 Å². The second kappa shape index (κ2) is 6.90. The molecule has 1 atom stereocenters. The van der Waals surface area contributed by atoms with Gasteiger partial charge < -0.3 is 10.2 Å². The van der Waals surface area contributed by atoms with E-state index in [4.69, 9.17) is 0 Å². The van der Waals surface area contributed by atoms with E-state index in [2.05, 4.69) is 10.3 Å². The number of benzene rings is 2. The lowest BCUT2D eigenvalue weighted by atomic mass is 10.1. The van der Waals surface area contributed by atoms with Crippen LogP contribution in [-0.2, 0) is 9.59 Å². The number of nitrogens with one attached hydrogen (secondary N) is 1. The van der Waals surface area contributed by atoms with Gasteiger partial charge in [0.05, 0.1) is 23.0 Å². The second-order valence-electron chi connectivity index (χ2n) is 6.63. The number of fused-ring (bicyclic) bond motifs is 2. The minimum atomic E-state index is -0.868. The number of carbonyl (C=O) groups excluding carboxylic acids is 2. The molecule has 0 bridgehead atoms. The molecular weight excluding hydrogens is 352 g/mol. The lowest BCUT2D eigenvalue weighted by Crippen LogP contribution is -2.42. The molecule has 2 aromatic carbocycles. The van der Waals surface area contributed by atoms with Crippen molar-refractivity contribution >= 4 is 34.6 Å². The summed E-state index contributed by atoms with van der Waals surface area (Å²) in [6, 6.07) is 10.1. The zero-order valence-electron chi connectivity index (χ0n) is 14.4. The third-order valence-corrected chi connectivity index (χ3v) is 4.84. The van der Waals surface area contributed by atoms with E-state index in [1.807, 2.05) is 6.07 Å². The number of amides is 2. The van der Waals surface area contributed by atoms with Crippen molar-refractivity contribution in [3.05, 3.63) is 54.1 Å². The summed E-state index contributed by atoms with van der Waals surface area (Å²) in [4.78, 5) is 31.5. The minimum absolute atomic E-state index is 0.130. The maximum Gasteiger partial charge on any atom is 0.244 e. The molecule has 1 N–H and O–H groups in total. The molecule has 2 aliphatic rings. The van der Waals surface area contributed by atoms with Crippen LogP contribution < -0.4 is 10.2 Å². The predicted octanol–water partition coefficient (Wildman–Crippen LogP) is 3.82. The Morgan fingerprint density at radius 1 is 1.22 bits per heavy atom. The Morgan fingerprint density at radius 3 is 2.85 bits per heavy atom. The summed E-state index contributed by atoms with van der Waals surface area (Å²) >= 11 is 0. The van der Waals surface area contributed by atoms with Crippen LogP contribution in [-0.4, -0.2) is 24.1 Å². The number of anilines is 2. The number of nitrogens with zero attached hydrogens (tertiary/aromatic N) is 2. The summed E-state index contributed by atoms with van der Waals surface area (Å²) in [7, 11) is 0. The Balaban J connectivity index is 1.61. The van der Waals surface area contributed by atoms with Gasteiger partial charge in [-0.2, -0.15) is 0 Å². The summed E-state index contributed by atoms with van der Waals surface area (Å²) in [5, 5.41) is 2.40. The average molecular weight is 369 g/mol. The summed E-state index contributed by atoms with van der Waals surface area (Å²) in [5.41, 5.74) is 1.92. The third kappa shape index (κ3) is 3.32. The molecule has 138 valence electrons. The van der Waals surface area contributed by atoms with Crippen molar-refractivity contribution in [3.63, 3.8) is 0 Å². The van der Waals surface area contributed by atoms with Crippen molar-refractivity contribution in [3.8, 4) is 0 Å². The van der Waals surface area contributed by atoms with Crippen molar-refractivity contribution in [2.75, 3.05) is 16.8 Å². The molecule has 27 heavy (non-hydrogen) atoms. The van der Waals surface area contributed by atoms with Gasteiger partial charge in [-0.05, 0) is 43.5 Å². The highest BCUT2D eigenvalue weighted by molar-refractivity contribution is 6.16. The van der Waals surface area contributed by atoms with Crippen molar-refractivity contribution in [1.29, 1.82) is 0 Å². The van der Waals surface area contributed by atoms with Crippen molar-refractivity contribution < 1.29 is 18.4 Å². The maximum atomic E-state index is 13.8. The van der Waals surface area contributed by atoms with Gasteiger partial charge in [0.1, 0.15) is 18.2 Å². The van der Waals surface area contributed by atoms with E-state index < -0.39 is 17.5 Å². The molecule has 2 amide bonds. The molecule has 1 heterocycles. The lowest BCUT2D eigenvalue weighted by Gasteiger charge is -2.24. The first-order valence-electron chi connectivity index (χ1n) is 8.75. The van der Waals surface area contributed by atoms with Gasteiger partial charge in [-0.25, -0.2) is 8.78 Å². The molecule has 0 aromatic heterocycles. The van der Waals surface area contributed by atoms with Crippen molar-refractivity contribution in [2.24, 2.45) is 10.9 Å². The van der Waals surface area contributed by atoms with Crippen LogP contribution in [0.15, 0.2) is 47.5 Å². The van der Waals surface area contributed by atoms with Crippen LogP contribution in [0.5, 0.6) is 0 Å². The van der Waals surface area contributed by atoms with Gasteiger partial charge >= 0.3 is 0 Å². The van der Waals surface area contributed by atoms with Crippen LogP contribution >= 0.6 is 0 Å². The van der Waals surface area contributed by atoms with Gasteiger partial charge in [0, 0.05) is 11.8 Å². The van der Waals surface area contributed by atoms with E-state index in [0.29, 0.717) is 23.9 Å². The molecule has 1 saturated carbocycles. The number of halogens is 2. The number of aliphatic imine (C=N–C) groups is 1. The third-order valence-electron chi connectivity index (χ3n) is 4.84. The summed E-state index contributed by atoms with van der Waals surface area (Å²) in [6.45, 7) is -0.272. The zero-order valence-corrected chi connectivity index (χ0v) is 14.4. The molecule has 0 saturated heterocycles. The number of rotatable bonds is 3. The minimum Gasteiger partial charge on any atom is -0.322 e. The quantitative estimate of drug-likeness (QED) is 0.894. The number of hydrogen-bond donors (Lipinski definition) is 1. The molecule has 0 radical (unpaired) electrons. The first-order chi connectivity index (χ1) is 13.0. The van der Waals surface area contributed by atoms with E-state index in [-0.39, 0.29) is 24.1 Å². The Kier molecular flexibility index (Phi) is 4.43. The Labute approximate surface area is 154 Å². The first-order valence-corrected chi connectivity index (χ1v) is 8.75. The van der Waals surface area contributed by atoms with Crippen LogP contribution in [0.1, 0.15) is 19.3 Å². The number of carbonyl (C=O) groups is 2. The normalized spacial score (nSPS) is 18.4. The fourth-order valence-corrected chi connectivity index (χ4v) is 3.56. The Morgan fingerprint density at radius 2 is 2.04 bits per heavy atom. The molecule has 7 heteroatoms.